The van der Waals surface area contributed by atoms with Crippen molar-refractivity contribution < 1.29 is 14.4 Å². The lowest BCUT2D eigenvalue weighted by atomic mass is 10.1. The molecular weight excluding hydrogens is 396 g/mol. The van der Waals surface area contributed by atoms with Gasteiger partial charge in [0, 0.05) is 11.6 Å². The summed E-state index contributed by atoms with van der Waals surface area (Å²) in [6.07, 6.45) is 0.669. The van der Waals surface area contributed by atoms with Crippen LogP contribution in [-0.2, 0) is 0 Å². The summed E-state index contributed by atoms with van der Waals surface area (Å²) in [5.74, 6) is -1.08. The first-order valence-corrected chi connectivity index (χ1v) is 10.4. The van der Waals surface area contributed by atoms with Crippen molar-refractivity contribution in [1.82, 2.24) is 15.1 Å². The largest absolute Gasteiger partial charge is 0.296 e. The van der Waals surface area contributed by atoms with E-state index in [0.717, 1.165) is 9.88 Å². The van der Waals surface area contributed by atoms with Crippen molar-refractivity contribution in [2.45, 2.75) is 26.3 Å². The van der Waals surface area contributed by atoms with Crippen molar-refractivity contribution in [3.05, 3.63) is 52.4 Å². The Bertz CT molecular complexity index is 1070. The molecule has 1 aliphatic heterocycles. The normalized spacial score (nSPS) is 14.3. The van der Waals surface area contributed by atoms with Crippen molar-refractivity contribution in [3.63, 3.8) is 0 Å². The molecule has 1 unspecified atom stereocenters. The molecule has 0 saturated carbocycles. The molecular formula is C19H16N4O3S2. The number of imide groups is 1. The van der Waals surface area contributed by atoms with E-state index in [-0.39, 0.29) is 23.4 Å². The molecule has 28 heavy (non-hydrogen) atoms. The molecule has 1 aliphatic rings. The average molecular weight is 412 g/mol. The highest BCUT2D eigenvalue weighted by molar-refractivity contribution is 7.23. The summed E-state index contributed by atoms with van der Waals surface area (Å²) >= 11 is 2.82. The maximum absolute atomic E-state index is 12.6. The molecule has 3 amide bonds. The van der Waals surface area contributed by atoms with Gasteiger partial charge in [0.05, 0.1) is 16.0 Å². The van der Waals surface area contributed by atoms with Crippen molar-refractivity contribution in [1.29, 1.82) is 0 Å². The predicted molar refractivity (Wildman–Crippen MR) is 108 cm³/mol. The molecule has 1 N–H and O–H groups in total. The number of thiophene rings is 1. The molecule has 0 spiro atoms. The molecule has 1 atom stereocenters. The third-order valence-corrected chi connectivity index (χ3v) is 6.47. The number of aromatic nitrogens is 2. The van der Waals surface area contributed by atoms with Gasteiger partial charge in [-0.1, -0.05) is 24.3 Å². The zero-order valence-electron chi connectivity index (χ0n) is 15.1. The van der Waals surface area contributed by atoms with E-state index in [9.17, 15) is 14.4 Å². The standard InChI is InChI=1S/C19H16N4O3S2/c1-3-10(2)23-17(25)12-7-6-11(9-13(12)18(23)26)15(24)20-19-22-21-16(28-19)14-5-4-8-27-14/h4-10H,3H2,1-2H3,(H,20,22,24). The van der Waals surface area contributed by atoms with Gasteiger partial charge in [0.1, 0.15) is 0 Å². The molecule has 0 fully saturated rings. The summed E-state index contributed by atoms with van der Waals surface area (Å²) in [7, 11) is 0. The third kappa shape index (κ3) is 3.12. The lowest BCUT2D eigenvalue weighted by molar-refractivity contribution is 0.0593. The summed E-state index contributed by atoms with van der Waals surface area (Å²) in [5.41, 5.74) is 0.881. The Hall–Kier alpha value is -2.91. The summed E-state index contributed by atoms with van der Waals surface area (Å²) in [6, 6.07) is 8.20. The highest BCUT2D eigenvalue weighted by atomic mass is 32.1. The van der Waals surface area contributed by atoms with Gasteiger partial charge < -0.3 is 0 Å². The zero-order valence-corrected chi connectivity index (χ0v) is 16.8. The number of carbonyl (C=O) groups excluding carboxylic acids is 3. The highest BCUT2D eigenvalue weighted by Crippen LogP contribution is 2.30. The second kappa shape index (κ2) is 7.25. The average Bonchev–Trinajstić information content (AvgIpc) is 3.42. The Balaban J connectivity index is 1.55. The second-order valence-corrected chi connectivity index (χ2v) is 8.27. The van der Waals surface area contributed by atoms with Crippen LogP contribution in [0.1, 0.15) is 51.3 Å². The molecule has 3 aromatic rings. The van der Waals surface area contributed by atoms with Crippen molar-refractivity contribution >= 4 is 45.5 Å². The van der Waals surface area contributed by atoms with Gasteiger partial charge in [-0.25, -0.2) is 0 Å². The minimum atomic E-state index is -0.404. The quantitative estimate of drug-likeness (QED) is 0.642. The molecule has 3 heterocycles. The molecule has 0 bridgehead atoms. The van der Waals surface area contributed by atoms with Crippen molar-refractivity contribution in [3.8, 4) is 9.88 Å². The molecule has 1 aromatic carbocycles. The van der Waals surface area contributed by atoms with E-state index < -0.39 is 5.91 Å². The Morgan fingerprint density at radius 1 is 1.18 bits per heavy atom. The Morgan fingerprint density at radius 2 is 1.96 bits per heavy atom. The lowest BCUT2D eigenvalue weighted by Gasteiger charge is -2.20. The van der Waals surface area contributed by atoms with Crippen LogP contribution < -0.4 is 5.32 Å². The van der Waals surface area contributed by atoms with E-state index in [0.29, 0.717) is 22.7 Å². The summed E-state index contributed by atoms with van der Waals surface area (Å²) in [5, 5.41) is 13.8. The fourth-order valence-electron chi connectivity index (χ4n) is 2.93. The molecule has 142 valence electrons. The van der Waals surface area contributed by atoms with E-state index in [1.54, 1.807) is 17.4 Å². The number of nitrogens with zero attached hydrogens (tertiary/aromatic N) is 3. The SMILES string of the molecule is CCC(C)N1C(=O)c2ccc(C(=O)Nc3nnc(-c4cccs4)s3)cc2C1=O. The number of carbonyl (C=O) groups is 3. The van der Waals surface area contributed by atoms with Gasteiger partial charge >= 0.3 is 0 Å². The summed E-state index contributed by atoms with van der Waals surface area (Å²) in [4.78, 5) is 39.9. The smallest absolute Gasteiger partial charge is 0.261 e. The maximum Gasteiger partial charge on any atom is 0.261 e. The molecule has 9 heteroatoms. The first-order valence-electron chi connectivity index (χ1n) is 8.70. The van der Waals surface area contributed by atoms with Gasteiger partial charge in [-0.15, -0.1) is 21.5 Å². The highest BCUT2D eigenvalue weighted by Gasteiger charge is 2.38. The first kappa shape index (κ1) is 18.5. The molecule has 2 aromatic heterocycles. The van der Waals surface area contributed by atoms with Crippen LogP contribution in [0.3, 0.4) is 0 Å². The summed E-state index contributed by atoms with van der Waals surface area (Å²) < 4.78 is 0. The topological polar surface area (TPSA) is 92.3 Å². The number of amides is 3. The van der Waals surface area contributed by atoms with Crippen LogP contribution in [0.4, 0.5) is 5.13 Å². The Labute approximate surface area is 169 Å². The van der Waals surface area contributed by atoms with Gasteiger partial charge in [0.2, 0.25) is 5.13 Å². The van der Waals surface area contributed by atoms with E-state index in [1.807, 2.05) is 31.4 Å². The minimum Gasteiger partial charge on any atom is -0.296 e. The third-order valence-electron chi connectivity index (χ3n) is 4.59. The maximum atomic E-state index is 12.6. The van der Waals surface area contributed by atoms with Crippen LogP contribution in [0.2, 0.25) is 0 Å². The molecule has 4 rings (SSSR count). The number of rotatable bonds is 5. The minimum absolute atomic E-state index is 0.193. The van der Waals surface area contributed by atoms with Gasteiger partial charge in [0.25, 0.3) is 17.7 Å². The van der Waals surface area contributed by atoms with Crippen LogP contribution in [0.5, 0.6) is 0 Å². The number of hydrogen-bond donors (Lipinski definition) is 1. The van der Waals surface area contributed by atoms with Crippen LogP contribution in [0, 0.1) is 0 Å². The second-order valence-electron chi connectivity index (χ2n) is 6.34. The van der Waals surface area contributed by atoms with Gasteiger partial charge in [-0.05, 0) is 43.0 Å². The molecule has 0 saturated heterocycles. The van der Waals surface area contributed by atoms with Crippen molar-refractivity contribution in [2.24, 2.45) is 0 Å². The van der Waals surface area contributed by atoms with E-state index in [1.165, 1.54) is 28.4 Å². The fourth-order valence-corrected chi connectivity index (χ4v) is 4.46. The predicted octanol–water partition coefficient (Wildman–Crippen LogP) is 3.91. The van der Waals surface area contributed by atoms with E-state index >= 15 is 0 Å². The van der Waals surface area contributed by atoms with Crippen LogP contribution in [0.15, 0.2) is 35.7 Å². The first-order chi connectivity index (χ1) is 13.5. The van der Waals surface area contributed by atoms with Gasteiger partial charge in [-0.2, -0.15) is 0 Å². The van der Waals surface area contributed by atoms with E-state index in [4.69, 9.17) is 0 Å². The van der Waals surface area contributed by atoms with Gasteiger partial charge in [0.15, 0.2) is 5.01 Å². The Morgan fingerprint density at radius 3 is 2.68 bits per heavy atom. The van der Waals surface area contributed by atoms with Crippen LogP contribution in [0.25, 0.3) is 9.88 Å². The fraction of sp³-hybridized carbons (Fsp3) is 0.211. The van der Waals surface area contributed by atoms with Crippen LogP contribution in [-0.4, -0.2) is 38.9 Å². The number of nitrogens with one attached hydrogen (secondary N) is 1. The van der Waals surface area contributed by atoms with Crippen molar-refractivity contribution in [2.75, 3.05) is 5.32 Å². The zero-order chi connectivity index (χ0) is 19.8. The van der Waals surface area contributed by atoms with Gasteiger partial charge in [-0.3, -0.25) is 24.6 Å². The number of hydrogen-bond acceptors (Lipinski definition) is 7. The van der Waals surface area contributed by atoms with E-state index in [2.05, 4.69) is 15.5 Å². The molecule has 0 aliphatic carbocycles. The lowest BCUT2D eigenvalue weighted by Crippen LogP contribution is -2.37. The monoisotopic (exact) mass is 412 g/mol. The summed E-state index contributed by atoms with van der Waals surface area (Å²) in [6.45, 7) is 3.75. The van der Waals surface area contributed by atoms with Crippen LogP contribution >= 0.6 is 22.7 Å². The number of anilines is 1. The number of fused-ring (bicyclic) bond motifs is 1. The number of benzene rings is 1. The Kier molecular flexibility index (Phi) is 4.78. The molecule has 7 nitrogen and oxygen atoms in total. The molecule has 0 radical (unpaired) electrons.